The van der Waals surface area contributed by atoms with Crippen molar-refractivity contribution in [3.63, 3.8) is 0 Å². The fourth-order valence-corrected chi connectivity index (χ4v) is 2.87. The Morgan fingerprint density at radius 1 is 1.32 bits per heavy atom. The lowest BCUT2D eigenvalue weighted by molar-refractivity contribution is 0.415. The Morgan fingerprint density at radius 2 is 2.05 bits per heavy atom. The number of aryl methyl sites for hydroxylation is 1. The van der Waals surface area contributed by atoms with Crippen LogP contribution < -0.4 is 4.74 Å². The Labute approximate surface area is 113 Å². The maximum atomic E-state index is 11.1. The molecule has 0 N–H and O–H groups in total. The van der Waals surface area contributed by atoms with Gasteiger partial charge in [0, 0.05) is 16.6 Å². The fourth-order valence-electron chi connectivity index (χ4n) is 2.01. The maximum Gasteiger partial charge on any atom is 0.210 e. The van der Waals surface area contributed by atoms with Crippen molar-refractivity contribution in [3.05, 3.63) is 40.2 Å². The molecule has 0 aliphatic rings. The van der Waals surface area contributed by atoms with E-state index in [1.54, 1.807) is 11.5 Å². The van der Waals surface area contributed by atoms with Crippen LogP contribution in [0.1, 0.15) is 5.69 Å². The number of nitroso groups, excluding NO2 is 1. The molecule has 0 radical (unpaired) electrons. The zero-order valence-electron chi connectivity index (χ0n) is 10.5. The lowest BCUT2D eigenvalue weighted by Gasteiger charge is -2.01. The van der Waals surface area contributed by atoms with E-state index < -0.39 is 0 Å². The van der Waals surface area contributed by atoms with Gasteiger partial charge in [0.15, 0.2) is 4.96 Å². The van der Waals surface area contributed by atoms with Crippen molar-refractivity contribution < 1.29 is 4.74 Å². The molecule has 2 aromatic heterocycles. The zero-order chi connectivity index (χ0) is 13.4. The van der Waals surface area contributed by atoms with Gasteiger partial charge in [-0.05, 0) is 36.4 Å². The minimum Gasteiger partial charge on any atom is -0.497 e. The van der Waals surface area contributed by atoms with E-state index in [1.165, 1.54) is 11.3 Å². The Kier molecular flexibility index (Phi) is 2.79. The van der Waals surface area contributed by atoms with Gasteiger partial charge in [-0.25, -0.2) is 4.98 Å². The molecule has 96 valence electrons. The summed E-state index contributed by atoms with van der Waals surface area (Å²) < 4.78 is 6.89. The molecule has 3 rings (SSSR count). The van der Waals surface area contributed by atoms with Crippen molar-refractivity contribution in [2.45, 2.75) is 6.92 Å². The van der Waals surface area contributed by atoms with Crippen molar-refractivity contribution in [2.75, 3.05) is 7.11 Å². The largest absolute Gasteiger partial charge is 0.497 e. The Balaban J connectivity index is 2.20. The van der Waals surface area contributed by atoms with Crippen LogP contribution in [0.2, 0.25) is 0 Å². The van der Waals surface area contributed by atoms with Crippen LogP contribution in [0.4, 0.5) is 5.82 Å². The minimum absolute atomic E-state index is 0.346. The first-order chi connectivity index (χ1) is 9.24. The van der Waals surface area contributed by atoms with Crippen LogP contribution in [0.25, 0.3) is 16.2 Å². The Morgan fingerprint density at radius 3 is 2.68 bits per heavy atom. The van der Waals surface area contributed by atoms with Gasteiger partial charge < -0.3 is 4.74 Å². The molecule has 0 spiro atoms. The third-order valence-electron chi connectivity index (χ3n) is 2.96. The third-order valence-corrected chi connectivity index (χ3v) is 3.90. The minimum atomic E-state index is 0.346. The van der Waals surface area contributed by atoms with E-state index >= 15 is 0 Å². The fraction of sp³-hybridized carbons (Fsp3) is 0.154. The molecule has 0 atom stereocenters. The second kappa shape index (κ2) is 4.47. The molecular formula is C13H11N3O2S. The molecular weight excluding hydrogens is 262 g/mol. The number of rotatable bonds is 3. The van der Waals surface area contributed by atoms with Crippen LogP contribution in [0.5, 0.6) is 5.75 Å². The van der Waals surface area contributed by atoms with Crippen LogP contribution in [-0.4, -0.2) is 16.5 Å². The number of fused-ring (bicyclic) bond motifs is 1. The molecule has 0 saturated carbocycles. The number of thiazole rings is 1. The topological polar surface area (TPSA) is 56.0 Å². The SMILES string of the molecule is COc1ccc(-c2nc3scc(C)n3c2N=O)cc1. The monoisotopic (exact) mass is 273 g/mol. The van der Waals surface area contributed by atoms with Crippen LogP contribution in [0.3, 0.4) is 0 Å². The summed E-state index contributed by atoms with van der Waals surface area (Å²) in [5.74, 6) is 1.11. The Bertz CT molecular complexity index is 743. The van der Waals surface area contributed by atoms with E-state index in [9.17, 15) is 4.91 Å². The predicted molar refractivity (Wildman–Crippen MR) is 75.2 cm³/mol. The van der Waals surface area contributed by atoms with E-state index in [-0.39, 0.29) is 0 Å². The number of hydrogen-bond acceptors (Lipinski definition) is 5. The second-order valence-electron chi connectivity index (χ2n) is 4.10. The van der Waals surface area contributed by atoms with Gasteiger partial charge in [-0.1, -0.05) is 0 Å². The lowest BCUT2D eigenvalue weighted by atomic mass is 10.1. The summed E-state index contributed by atoms with van der Waals surface area (Å²) in [5, 5.41) is 5.09. The maximum absolute atomic E-state index is 11.1. The van der Waals surface area contributed by atoms with Crippen molar-refractivity contribution >= 4 is 22.1 Å². The zero-order valence-corrected chi connectivity index (χ0v) is 11.3. The second-order valence-corrected chi connectivity index (χ2v) is 4.94. The number of hydrogen-bond donors (Lipinski definition) is 0. The summed E-state index contributed by atoms with van der Waals surface area (Å²) in [6, 6.07) is 7.42. The summed E-state index contributed by atoms with van der Waals surface area (Å²) >= 11 is 1.49. The van der Waals surface area contributed by atoms with E-state index in [1.807, 2.05) is 36.6 Å². The number of methoxy groups -OCH3 is 1. The molecule has 0 bridgehead atoms. The van der Waals surface area contributed by atoms with Crippen molar-refractivity contribution in [1.82, 2.24) is 9.38 Å². The van der Waals surface area contributed by atoms with Crippen LogP contribution in [0, 0.1) is 11.8 Å². The van der Waals surface area contributed by atoms with E-state index in [4.69, 9.17) is 4.74 Å². The van der Waals surface area contributed by atoms with Gasteiger partial charge in [-0.3, -0.25) is 4.40 Å². The predicted octanol–water partition coefficient (Wildman–Crippen LogP) is 3.78. The quantitative estimate of drug-likeness (QED) is 0.682. The van der Waals surface area contributed by atoms with Gasteiger partial charge in [0.1, 0.15) is 11.4 Å². The van der Waals surface area contributed by atoms with Crippen molar-refractivity contribution in [1.29, 1.82) is 0 Å². The van der Waals surface area contributed by atoms with E-state index in [0.29, 0.717) is 11.5 Å². The summed E-state index contributed by atoms with van der Waals surface area (Å²) in [7, 11) is 1.61. The van der Waals surface area contributed by atoms with Gasteiger partial charge in [0.2, 0.25) is 5.82 Å². The molecule has 6 heteroatoms. The highest BCUT2D eigenvalue weighted by Gasteiger charge is 2.17. The molecule has 0 amide bonds. The molecule has 5 nitrogen and oxygen atoms in total. The van der Waals surface area contributed by atoms with Gasteiger partial charge in [0.05, 0.1) is 7.11 Å². The first kappa shape index (κ1) is 11.9. The Hall–Kier alpha value is -2.21. The summed E-state index contributed by atoms with van der Waals surface area (Å²) in [4.78, 5) is 16.4. The van der Waals surface area contributed by atoms with Crippen LogP contribution in [0.15, 0.2) is 34.8 Å². The molecule has 3 aromatic rings. The highest BCUT2D eigenvalue weighted by atomic mass is 32.1. The average molecular weight is 273 g/mol. The van der Waals surface area contributed by atoms with Crippen molar-refractivity contribution in [3.8, 4) is 17.0 Å². The molecule has 0 aliphatic heterocycles. The third kappa shape index (κ3) is 1.80. The lowest BCUT2D eigenvalue weighted by Crippen LogP contribution is -1.84. The number of imidazole rings is 1. The number of aromatic nitrogens is 2. The van der Waals surface area contributed by atoms with Crippen LogP contribution >= 0.6 is 11.3 Å². The molecule has 1 aromatic carbocycles. The van der Waals surface area contributed by atoms with E-state index in [0.717, 1.165) is 22.0 Å². The van der Waals surface area contributed by atoms with Gasteiger partial charge in [-0.2, -0.15) is 0 Å². The summed E-state index contributed by atoms with van der Waals surface area (Å²) in [6.45, 7) is 1.93. The van der Waals surface area contributed by atoms with E-state index in [2.05, 4.69) is 10.2 Å². The first-order valence-corrected chi connectivity index (χ1v) is 6.57. The standard InChI is InChI=1S/C13H11N3O2S/c1-8-7-19-13-14-11(12(15-17)16(8)13)9-3-5-10(18-2)6-4-9/h3-7H,1-2H3. The number of benzene rings is 1. The first-order valence-electron chi connectivity index (χ1n) is 5.69. The van der Waals surface area contributed by atoms with Gasteiger partial charge in [-0.15, -0.1) is 16.2 Å². The summed E-state index contributed by atoms with van der Waals surface area (Å²) in [6.07, 6.45) is 0. The molecule has 0 aliphatic carbocycles. The van der Waals surface area contributed by atoms with Crippen LogP contribution in [-0.2, 0) is 0 Å². The average Bonchev–Trinajstić information content (AvgIpc) is 2.99. The highest BCUT2D eigenvalue weighted by molar-refractivity contribution is 7.15. The number of ether oxygens (including phenoxy) is 1. The summed E-state index contributed by atoms with van der Waals surface area (Å²) in [5.41, 5.74) is 2.42. The number of nitrogens with zero attached hydrogens (tertiary/aromatic N) is 3. The molecule has 19 heavy (non-hydrogen) atoms. The van der Waals surface area contributed by atoms with Gasteiger partial charge >= 0.3 is 0 Å². The molecule has 2 heterocycles. The molecule has 0 unspecified atom stereocenters. The van der Waals surface area contributed by atoms with Crippen molar-refractivity contribution in [2.24, 2.45) is 5.18 Å². The highest BCUT2D eigenvalue weighted by Crippen LogP contribution is 2.34. The molecule has 0 saturated heterocycles. The normalized spacial score (nSPS) is 10.8. The van der Waals surface area contributed by atoms with Gasteiger partial charge in [0.25, 0.3) is 0 Å². The molecule has 0 fully saturated rings. The smallest absolute Gasteiger partial charge is 0.210 e.